The van der Waals surface area contributed by atoms with Crippen molar-refractivity contribution >= 4 is 0 Å². The molecule has 0 unspecified atom stereocenters. The number of hydrogen-bond acceptors (Lipinski definition) is 1. The molecule has 0 saturated carbocycles. The molecule has 1 nitrogen and oxygen atoms in total. The molecule has 0 aromatic carbocycles. The van der Waals surface area contributed by atoms with Crippen molar-refractivity contribution in [2.75, 3.05) is 13.1 Å². The molecule has 10 heavy (non-hydrogen) atoms. The third-order valence-electron chi connectivity index (χ3n) is 2.07. The maximum atomic E-state index is 12.8. The number of nitrogens with one attached hydrogen (secondary N) is 1. The van der Waals surface area contributed by atoms with Crippen molar-refractivity contribution in [2.24, 2.45) is 11.8 Å². The molecule has 0 radical (unpaired) electrons. The first kappa shape index (κ1) is 7.92. The molecule has 0 amide bonds. The molecule has 0 spiro atoms. The third-order valence-corrected chi connectivity index (χ3v) is 2.07. The SMILES string of the molecule is CC(C)[C@@H]1CNCC1(F)F. The van der Waals surface area contributed by atoms with Crippen molar-refractivity contribution < 1.29 is 8.78 Å². The molecule has 0 aromatic rings. The quantitative estimate of drug-likeness (QED) is 0.595. The zero-order valence-electron chi connectivity index (χ0n) is 6.32. The predicted molar refractivity (Wildman–Crippen MR) is 36.1 cm³/mol. The van der Waals surface area contributed by atoms with Crippen LogP contribution in [0.4, 0.5) is 8.78 Å². The molecule has 0 bridgehead atoms. The van der Waals surface area contributed by atoms with E-state index in [0.29, 0.717) is 6.54 Å². The summed E-state index contributed by atoms with van der Waals surface area (Å²) >= 11 is 0. The Hall–Kier alpha value is -0.180. The Morgan fingerprint density at radius 1 is 1.50 bits per heavy atom. The van der Waals surface area contributed by atoms with Crippen molar-refractivity contribution in [1.82, 2.24) is 5.32 Å². The van der Waals surface area contributed by atoms with Crippen molar-refractivity contribution in [1.29, 1.82) is 0 Å². The van der Waals surface area contributed by atoms with Gasteiger partial charge in [-0.1, -0.05) is 13.8 Å². The first-order valence-electron chi connectivity index (χ1n) is 3.62. The molecule has 60 valence electrons. The van der Waals surface area contributed by atoms with Gasteiger partial charge in [0.05, 0.1) is 6.54 Å². The van der Waals surface area contributed by atoms with Gasteiger partial charge in [0, 0.05) is 12.5 Å². The van der Waals surface area contributed by atoms with Crippen LogP contribution in [0.1, 0.15) is 13.8 Å². The summed E-state index contributed by atoms with van der Waals surface area (Å²) in [5.74, 6) is -2.87. The van der Waals surface area contributed by atoms with Crippen LogP contribution in [0.15, 0.2) is 0 Å². The molecule has 1 heterocycles. The molecule has 0 aromatic heterocycles. The normalized spacial score (nSPS) is 31.5. The lowest BCUT2D eigenvalue weighted by molar-refractivity contribution is -0.0375. The minimum absolute atomic E-state index is 0.0741. The van der Waals surface area contributed by atoms with Gasteiger partial charge in [0.1, 0.15) is 0 Å². The first-order valence-corrected chi connectivity index (χ1v) is 3.62. The van der Waals surface area contributed by atoms with Crippen LogP contribution in [0.2, 0.25) is 0 Å². The molecule has 1 N–H and O–H groups in total. The standard InChI is InChI=1S/C7H13F2N/c1-5(2)6-3-10-4-7(6,8)9/h5-6,10H,3-4H2,1-2H3/t6-/m0/s1. The Kier molecular flexibility index (Phi) is 1.95. The molecule has 1 fully saturated rings. The van der Waals surface area contributed by atoms with Gasteiger partial charge in [-0.15, -0.1) is 0 Å². The largest absolute Gasteiger partial charge is 0.311 e. The number of rotatable bonds is 1. The van der Waals surface area contributed by atoms with Crippen LogP contribution in [-0.4, -0.2) is 19.0 Å². The summed E-state index contributed by atoms with van der Waals surface area (Å²) in [6.45, 7) is 4.00. The second-order valence-electron chi connectivity index (χ2n) is 3.24. The van der Waals surface area contributed by atoms with Crippen molar-refractivity contribution in [2.45, 2.75) is 19.8 Å². The fraction of sp³-hybridized carbons (Fsp3) is 1.00. The van der Waals surface area contributed by atoms with Crippen LogP contribution in [-0.2, 0) is 0 Å². The summed E-state index contributed by atoms with van der Waals surface area (Å²) in [4.78, 5) is 0. The van der Waals surface area contributed by atoms with Crippen molar-refractivity contribution in [3.63, 3.8) is 0 Å². The summed E-state index contributed by atoms with van der Waals surface area (Å²) < 4.78 is 25.6. The Morgan fingerprint density at radius 2 is 2.10 bits per heavy atom. The van der Waals surface area contributed by atoms with E-state index in [1.807, 2.05) is 13.8 Å². The van der Waals surface area contributed by atoms with Gasteiger partial charge < -0.3 is 5.32 Å². The average molecular weight is 149 g/mol. The van der Waals surface area contributed by atoms with E-state index in [1.165, 1.54) is 0 Å². The zero-order valence-corrected chi connectivity index (χ0v) is 6.32. The Balaban J connectivity index is 2.59. The van der Waals surface area contributed by atoms with Gasteiger partial charge in [0.15, 0.2) is 0 Å². The summed E-state index contributed by atoms with van der Waals surface area (Å²) in [6.07, 6.45) is 0. The topological polar surface area (TPSA) is 12.0 Å². The molecule has 1 atom stereocenters. The van der Waals surface area contributed by atoms with Gasteiger partial charge >= 0.3 is 0 Å². The van der Waals surface area contributed by atoms with Crippen LogP contribution in [0, 0.1) is 11.8 Å². The van der Waals surface area contributed by atoms with Crippen LogP contribution < -0.4 is 5.32 Å². The smallest absolute Gasteiger partial charge is 0.264 e. The van der Waals surface area contributed by atoms with E-state index in [-0.39, 0.29) is 12.5 Å². The Labute approximate surface area is 59.8 Å². The highest BCUT2D eigenvalue weighted by molar-refractivity contribution is 4.89. The highest BCUT2D eigenvalue weighted by Gasteiger charge is 2.45. The Morgan fingerprint density at radius 3 is 2.30 bits per heavy atom. The highest BCUT2D eigenvalue weighted by Crippen LogP contribution is 2.32. The molecule has 0 aliphatic carbocycles. The van der Waals surface area contributed by atoms with Gasteiger partial charge in [0.2, 0.25) is 0 Å². The second kappa shape index (κ2) is 2.46. The van der Waals surface area contributed by atoms with E-state index in [0.717, 1.165) is 0 Å². The van der Waals surface area contributed by atoms with Gasteiger partial charge in [0.25, 0.3) is 5.92 Å². The molecule has 1 aliphatic rings. The van der Waals surface area contributed by atoms with Gasteiger partial charge in [-0.2, -0.15) is 0 Å². The van der Waals surface area contributed by atoms with Crippen molar-refractivity contribution in [3.8, 4) is 0 Å². The molecule has 1 saturated heterocycles. The molecule has 1 rings (SSSR count). The number of hydrogen-bond donors (Lipinski definition) is 1. The van der Waals surface area contributed by atoms with E-state index in [4.69, 9.17) is 0 Å². The molecule has 1 aliphatic heterocycles. The maximum Gasteiger partial charge on any atom is 0.264 e. The maximum absolute atomic E-state index is 12.8. The predicted octanol–water partition coefficient (Wildman–Crippen LogP) is 1.50. The Bertz CT molecular complexity index is 123. The fourth-order valence-corrected chi connectivity index (χ4v) is 1.40. The van der Waals surface area contributed by atoms with Crippen LogP contribution in [0.25, 0.3) is 0 Å². The van der Waals surface area contributed by atoms with Crippen LogP contribution in [0.3, 0.4) is 0 Å². The van der Waals surface area contributed by atoms with Crippen molar-refractivity contribution in [3.05, 3.63) is 0 Å². The van der Waals surface area contributed by atoms with Gasteiger partial charge in [-0.25, -0.2) is 8.78 Å². The first-order chi connectivity index (χ1) is 4.54. The minimum Gasteiger partial charge on any atom is -0.311 e. The van der Waals surface area contributed by atoms with Gasteiger partial charge in [-0.3, -0.25) is 0 Å². The van der Waals surface area contributed by atoms with E-state index in [9.17, 15) is 8.78 Å². The van der Waals surface area contributed by atoms with Crippen LogP contribution in [0.5, 0.6) is 0 Å². The third kappa shape index (κ3) is 1.29. The molecular formula is C7H13F2N. The molecule has 3 heteroatoms. The highest BCUT2D eigenvalue weighted by atomic mass is 19.3. The van der Waals surface area contributed by atoms with E-state index in [1.54, 1.807) is 0 Å². The second-order valence-corrected chi connectivity index (χ2v) is 3.24. The minimum atomic E-state index is -2.48. The average Bonchev–Trinajstić information content (AvgIpc) is 2.08. The monoisotopic (exact) mass is 149 g/mol. The summed E-state index contributed by atoms with van der Waals surface area (Å²) in [7, 11) is 0. The summed E-state index contributed by atoms with van der Waals surface area (Å²) in [5, 5.41) is 2.69. The van der Waals surface area contributed by atoms with Crippen LogP contribution >= 0.6 is 0 Å². The number of alkyl halides is 2. The number of halogens is 2. The lowest BCUT2D eigenvalue weighted by atomic mass is 9.92. The van der Waals surface area contributed by atoms with Gasteiger partial charge in [-0.05, 0) is 5.92 Å². The molecular weight excluding hydrogens is 136 g/mol. The lowest BCUT2D eigenvalue weighted by Gasteiger charge is -2.20. The fourth-order valence-electron chi connectivity index (χ4n) is 1.40. The van der Waals surface area contributed by atoms with E-state index < -0.39 is 11.8 Å². The van der Waals surface area contributed by atoms with E-state index in [2.05, 4.69) is 5.32 Å². The summed E-state index contributed by atoms with van der Waals surface area (Å²) in [5.41, 5.74) is 0. The summed E-state index contributed by atoms with van der Waals surface area (Å²) in [6, 6.07) is 0. The zero-order chi connectivity index (χ0) is 7.78. The lowest BCUT2D eigenvalue weighted by Crippen LogP contribution is -2.30. The van der Waals surface area contributed by atoms with E-state index >= 15 is 0 Å².